The Balaban J connectivity index is 1.38. The zero-order chi connectivity index (χ0) is 19.3. The fourth-order valence-electron chi connectivity index (χ4n) is 3.32. The summed E-state index contributed by atoms with van der Waals surface area (Å²) in [6.45, 7) is 2.81. The van der Waals surface area contributed by atoms with E-state index in [9.17, 15) is 4.79 Å². The van der Waals surface area contributed by atoms with Gasteiger partial charge in [0.1, 0.15) is 0 Å². The van der Waals surface area contributed by atoms with Gasteiger partial charge in [0.15, 0.2) is 5.76 Å². The number of rotatable bonds is 5. The van der Waals surface area contributed by atoms with Gasteiger partial charge < -0.3 is 14.2 Å². The molecule has 1 aliphatic heterocycles. The first-order valence-electron chi connectivity index (χ1n) is 9.25. The normalized spacial score (nSPS) is 14.3. The second-order valence-corrected chi connectivity index (χ2v) is 8.06. The molecule has 1 amide bonds. The predicted octanol–water partition coefficient (Wildman–Crippen LogP) is 5.19. The van der Waals surface area contributed by atoms with Gasteiger partial charge in [-0.1, -0.05) is 41.9 Å². The highest BCUT2D eigenvalue weighted by Gasteiger charge is 2.26. The van der Waals surface area contributed by atoms with Gasteiger partial charge in [0.25, 0.3) is 5.91 Å². The highest BCUT2D eigenvalue weighted by atomic mass is 35.5. The van der Waals surface area contributed by atoms with Crippen molar-refractivity contribution in [2.75, 3.05) is 31.1 Å². The SMILES string of the molecule is O=C(c1occc1CSc1ccccc1)N1CCN(c2ccccc2Cl)CC1. The molecule has 0 bridgehead atoms. The van der Waals surface area contributed by atoms with E-state index in [2.05, 4.69) is 17.0 Å². The lowest BCUT2D eigenvalue weighted by Gasteiger charge is -2.36. The molecule has 1 fully saturated rings. The van der Waals surface area contributed by atoms with E-state index in [1.165, 1.54) is 4.90 Å². The van der Waals surface area contributed by atoms with Crippen molar-refractivity contribution in [3.8, 4) is 0 Å². The molecule has 0 atom stereocenters. The second kappa shape index (κ2) is 8.76. The maximum absolute atomic E-state index is 13.0. The van der Waals surface area contributed by atoms with Gasteiger partial charge >= 0.3 is 0 Å². The van der Waals surface area contributed by atoms with Gasteiger partial charge in [-0.2, -0.15) is 0 Å². The van der Waals surface area contributed by atoms with Crippen LogP contribution in [0.1, 0.15) is 16.1 Å². The first kappa shape index (κ1) is 19.0. The molecule has 0 spiro atoms. The third kappa shape index (κ3) is 4.21. The number of carbonyl (C=O) groups excluding carboxylic acids is 1. The number of halogens is 1. The van der Waals surface area contributed by atoms with E-state index in [1.54, 1.807) is 18.0 Å². The van der Waals surface area contributed by atoms with Crippen LogP contribution in [0.5, 0.6) is 0 Å². The van der Waals surface area contributed by atoms with Crippen LogP contribution in [0, 0.1) is 0 Å². The summed E-state index contributed by atoms with van der Waals surface area (Å²) in [6.07, 6.45) is 1.61. The predicted molar refractivity (Wildman–Crippen MR) is 114 cm³/mol. The summed E-state index contributed by atoms with van der Waals surface area (Å²) < 4.78 is 5.56. The molecule has 4 nitrogen and oxygen atoms in total. The summed E-state index contributed by atoms with van der Waals surface area (Å²) in [5.41, 5.74) is 1.96. The first-order valence-corrected chi connectivity index (χ1v) is 10.6. The number of amides is 1. The van der Waals surface area contributed by atoms with Crippen molar-refractivity contribution in [1.82, 2.24) is 4.90 Å². The van der Waals surface area contributed by atoms with E-state index < -0.39 is 0 Å². The van der Waals surface area contributed by atoms with Gasteiger partial charge in [0, 0.05) is 42.4 Å². The largest absolute Gasteiger partial charge is 0.459 e. The Morgan fingerprint density at radius 3 is 2.43 bits per heavy atom. The van der Waals surface area contributed by atoms with Crippen molar-refractivity contribution in [2.24, 2.45) is 0 Å². The number of carbonyl (C=O) groups is 1. The van der Waals surface area contributed by atoms with Crippen molar-refractivity contribution in [3.63, 3.8) is 0 Å². The van der Waals surface area contributed by atoms with Crippen molar-refractivity contribution in [1.29, 1.82) is 0 Å². The third-order valence-corrected chi connectivity index (χ3v) is 6.22. The molecular weight excluding hydrogens is 392 g/mol. The molecule has 1 aliphatic rings. The van der Waals surface area contributed by atoms with Crippen molar-refractivity contribution >= 4 is 35.0 Å². The minimum absolute atomic E-state index is 0.0347. The van der Waals surface area contributed by atoms with E-state index in [0.717, 1.165) is 29.4 Å². The van der Waals surface area contributed by atoms with Gasteiger partial charge in [0.05, 0.1) is 17.0 Å². The lowest BCUT2D eigenvalue weighted by Crippen LogP contribution is -2.49. The molecule has 28 heavy (non-hydrogen) atoms. The number of hydrogen-bond donors (Lipinski definition) is 0. The van der Waals surface area contributed by atoms with Gasteiger partial charge in [-0.05, 0) is 30.3 Å². The Kier molecular flexibility index (Phi) is 5.93. The van der Waals surface area contributed by atoms with Crippen LogP contribution in [0.25, 0.3) is 0 Å². The molecule has 3 aromatic rings. The van der Waals surface area contributed by atoms with Gasteiger partial charge in [0.2, 0.25) is 0 Å². The Morgan fingerprint density at radius 2 is 1.68 bits per heavy atom. The molecule has 0 N–H and O–H groups in total. The second-order valence-electron chi connectivity index (χ2n) is 6.61. The monoisotopic (exact) mass is 412 g/mol. The molecule has 0 saturated carbocycles. The Morgan fingerprint density at radius 1 is 0.964 bits per heavy atom. The van der Waals surface area contributed by atoms with Crippen LogP contribution in [0.2, 0.25) is 5.02 Å². The lowest BCUT2D eigenvalue weighted by molar-refractivity contribution is 0.0713. The number of para-hydroxylation sites is 1. The number of piperazine rings is 1. The van der Waals surface area contributed by atoms with Crippen LogP contribution in [0.3, 0.4) is 0 Å². The zero-order valence-corrected chi connectivity index (χ0v) is 17.0. The first-order chi connectivity index (χ1) is 13.7. The Labute approximate surface area is 174 Å². The summed E-state index contributed by atoms with van der Waals surface area (Å²) in [5, 5.41) is 0.744. The summed E-state index contributed by atoms with van der Waals surface area (Å²) in [6, 6.07) is 19.9. The number of benzene rings is 2. The topological polar surface area (TPSA) is 36.7 Å². The number of nitrogens with zero attached hydrogens (tertiary/aromatic N) is 2. The zero-order valence-electron chi connectivity index (χ0n) is 15.4. The summed E-state index contributed by atoms with van der Waals surface area (Å²) in [7, 11) is 0. The van der Waals surface area contributed by atoms with Gasteiger partial charge in [-0.25, -0.2) is 0 Å². The summed E-state index contributed by atoms with van der Waals surface area (Å²) >= 11 is 8.01. The number of anilines is 1. The molecule has 4 rings (SSSR count). The average molecular weight is 413 g/mol. The van der Waals surface area contributed by atoms with Crippen LogP contribution < -0.4 is 4.90 Å². The highest BCUT2D eigenvalue weighted by molar-refractivity contribution is 7.98. The number of furan rings is 1. The van der Waals surface area contributed by atoms with Gasteiger partial charge in [-0.15, -0.1) is 11.8 Å². The van der Waals surface area contributed by atoms with E-state index in [-0.39, 0.29) is 5.91 Å². The molecule has 2 heterocycles. The molecule has 1 aromatic heterocycles. The summed E-state index contributed by atoms with van der Waals surface area (Å²) in [4.78, 5) is 18.2. The van der Waals surface area contributed by atoms with Gasteiger partial charge in [-0.3, -0.25) is 4.79 Å². The standard InChI is InChI=1S/C22H21ClN2O2S/c23-19-8-4-5-9-20(19)24-11-13-25(14-12-24)22(26)21-17(10-15-27-21)16-28-18-6-2-1-3-7-18/h1-10,15H,11-14,16H2. The lowest BCUT2D eigenvalue weighted by atomic mass is 10.2. The summed E-state index contributed by atoms with van der Waals surface area (Å²) in [5.74, 6) is 1.13. The van der Waals surface area contributed by atoms with E-state index >= 15 is 0 Å². The quantitative estimate of drug-likeness (QED) is 0.540. The molecule has 1 saturated heterocycles. The minimum Gasteiger partial charge on any atom is -0.459 e. The minimum atomic E-state index is -0.0347. The number of hydrogen-bond acceptors (Lipinski definition) is 4. The van der Waals surface area contributed by atoms with Crippen molar-refractivity contribution < 1.29 is 9.21 Å². The maximum atomic E-state index is 13.0. The molecule has 0 radical (unpaired) electrons. The molecule has 144 valence electrons. The van der Waals surface area contributed by atoms with Crippen LogP contribution in [0.4, 0.5) is 5.69 Å². The van der Waals surface area contributed by atoms with E-state index in [4.69, 9.17) is 16.0 Å². The molecule has 0 aliphatic carbocycles. The fraction of sp³-hybridized carbons (Fsp3) is 0.227. The average Bonchev–Trinajstić information content (AvgIpc) is 3.22. The highest BCUT2D eigenvalue weighted by Crippen LogP contribution is 2.28. The van der Waals surface area contributed by atoms with Crippen molar-refractivity contribution in [3.05, 3.63) is 83.3 Å². The van der Waals surface area contributed by atoms with Crippen LogP contribution >= 0.6 is 23.4 Å². The van der Waals surface area contributed by atoms with Crippen LogP contribution in [-0.2, 0) is 5.75 Å². The number of thioether (sulfide) groups is 1. The van der Waals surface area contributed by atoms with E-state index in [1.807, 2.05) is 53.4 Å². The Hall–Kier alpha value is -2.37. The van der Waals surface area contributed by atoms with Crippen LogP contribution in [-0.4, -0.2) is 37.0 Å². The molecule has 0 unspecified atom stereocenters. The third-order valence-electron chi connectivity index (χ3n) is 4.84. The van der Waals surface area contributed by atoms with Crippen molar-refractivity contribution in [2.45, 2.75) is 10.6 Å². The van der Waals surface area contributed by atoms with Crippen LogP contribution in [0.15, 0.2) is 76.2 Å². The molecule has 2 aromatic carbocycles. The Bertz CT molecular complexity index is 936. The molecule has 6 heteroatoms. The molecular formula is C22H21ClN2O2S. The maximum Gasteiger partial charge on any atom is 0.289 e. The fourth-order valence-corrected chi connectivity index (χ4v) is 4.47. The smallest absolute Gasteiger partial charge is 0.289 e. The van der Waals surface area contributed by atoms with E-state index in [0.29, 0.717) is 24.6 Å².